The van der Waals surface area contributed by atoms with E-state index in [1.54, 1.807) is 0 Å². The molecule has 0 bridgehead atoms. The van der Waals surface area contributed by atoms with Gasteiger partial charge in [-0.1, -0.05) is 0 Å². The number of urea groups is 1. The Morgan fingerprint density at radius 3 is 3.05 bits per heavy atom. The van der Waals surface area contributed by atoms with Crippen molar-refractivity contribution < 1.29 is 4.79 Å². The minimum absolute atomic E-state index is 0.0415. The fraction of sp³-hybridized carbons (Fsp3) is 0.400. The molecular weight excluding hydrogens is 252 g/mol. The minimum atomic E-state index is -0.0415. The van der Waals surface area contributed by atoms with E-state index in [1.807, 2.05) is 42.4 Å². The van der Waals surface area contributed by atoms with Crippen LogP contribution in [0.2, 0.25) is 0 Å². The van der Waals surface area contributed by atoms with Crippen molar-refractivity contribution in [2.24, 2.45) is 0 Å². The number of rotatable bonds is 2. The molecule has 5 heteroatoms. The second-order valence-electron chi connectivity index (χ2n) is 5.53. The van der Waals surface area contributed by atoms with Crippen LogP contribution in [0.1, 0.15) is 6.42 Å². The van der Waals surface area contributed by atoms with Crippen LogP contribution < -0.4 is 5.32 Å². The van der Waals surface area contributed by atoms with Crippen LogP contribution in [0.3, 0.4) is 0 Å². The third kappa shape index (κ3) is 2.49. The maximum Gasteiger partial charge on any atom is 0.321 e. The van der Waals surface area contributed by atoms with Gasteiger partial charge >= 0.3 is 6.03 Å². The van der Waals surface area contributed by atoms with Gasteiger partial charge in [-0.05, 0) is 44.3 Å². The predicted molar refractivity (Wildman–Crippen MR) is 81.0 cm³/mol. The number of amides is 2. The van der Waals surface area contributed by atoms with E-state index in [9.17, 15) is 4.79 Å². The number of benzene rings is 1. The van der Waals surface area contributed by atoms with Crippen LogP contribution in [0.15, 0.2) is 30.5 Å². The lowest BCUT2D eigenvalue weighted by Gasteiger charge is -2.24. The van der Waals surface area contributed by atoms with Gasteiger partial charge in [0.25, 0.3) is 0 Å². The van der Waals surface area contributed by atoms with Crippen molar-refractivity contribution in [2.75, 3.05) is 32.5 Å². The highest BCUT2D eigenvalue weighted by molar-refractivity contribution is 5.92. The Morgan fingerprint density at radius 2 is 2.30 bits per heavy atom. The highest BCUT2D eigenvalue weighted by Gasteiger charge is 2.26. The molecule has 0 radical (unpaired) electrons. The first kappa shape index (κ1) is 13.0. The Balaban J connectivity index is 1.68. The van der Waals surface area contributed by atoms with E-state index in [2.05, 4.69) is 22.2 Å². The number of nitrogens with one attached hydrogen (secondary N) is 2. The van der Waals surface area contributed by atoms with Crippen LogP contribution in [-0.4, -0.2) is 54.0 Å². The van der Waals surface area contributed by atoms with Gasteiger partial charge in [-0.15, -0.1) is 0 Å². The molecule has 1 aliphatic heterocycles. The summed E-state index contributed by atoms with van der Waals surface area (Å²) >= 11 is 0. The first-order valence-electron chi connectivity index (χ1n) is 6.93. The molecule has 1 aliphatic rings. The standard InChI is InChI=1S/C15H20N4O/c1-18-8-6-13(10-18)19(2)15(20)17-12-3-4-14-11(9-12)5-7-16-14/h3-5,7,9,13,16H,6,8,10H2,1-2H3,(H,17,20). The second kappa shape index (κ2) is 5.17. The number of anilines is 1. The monoisotopic (exact) mass is 272 g/mol. The summed E-state index contributed by atoms with van der Waals surface area (Å²) in [6.45, 7) is 2.00. The Bertz CT molecular complexity index is 621. The molecular formula is C15H20N4O. The summed E-state index contributed by atoms with van der Waals surface area (Å²) in [7, 11) is 3.96. The Labute approximate surface area is 118 Å². The van der Waals surface area contributed by atoms with Crippen molar-refractivity contribution in [1.82, 2.24) is 14.8 Å². The topological polar surface area (TPSA) is 51.4 Å². The van der Waals surface area contributed by atoms with Crippen molar-refractivity contribution >= 4 is 22.6 Å². The number of H-pyrrole nitrogens is 1. The molecule has 2 N–H and O–H groups in total. The van der Waals surface area contributed by atoms with Gasteiger partial charge < -0.3 is 20.1 Å². The van der Waals surface area contributed by atoms with Gasteiger partial charge in [-0.3, -0.25) is 0 Å². The normalized spacial score (nSPS) is 19.4. The third-order valence-electron chi connectivity index (χ3n) is 4.04. The molecule has 0 saturated carbocycles. The van der Waals surface area contributed by atoms with Crippen molar-refractivity contribution in [1.29, 1.82) is 0 Å². The lowest BCUT2D eigenvalue weighted by atomic mass is 10.2. The van der Waals surface area contributed by atoms with Crippen molar-refractivity contribution in [3.63, 3.8) is 0 Å². The number of nitrogens with zero attached hydrogens (tertiary/aromatic N) is 2. The van der Waals surface area contributed by atoms with Gasteiger partial charge in [0, 0.05) is 42.4 Å². The molecule has 1 aromatic heterocycles. The van der Waals surface area contributed by atoms with Gasteiger partial charge in [0.1, 0.15) is 0 Å². The van der Waals surface area contributed by atoms with E-state index in [-0.39, 0.29) is 6.03 Å². The Kier molecular flexibility index (Phi) is 3.36. The van der Waals surface area contributed by atoms with E-state index in [0.717, 1.165) is 36.1 Å². The molecule has 1 atom stereocenters. The number of aromatic nitrogens is 1. The summed E-state index contributed by atoms with van der Waals surface area (Å²) < 4.78 is 0. The minimum Gasteiger partial charge on any atom is -0.361 e. The van der Waals surface area contributed by atoms with E-state index in [0.29, 0.717) is 6.04 Å². The molecule has 3 rings (SSSR count). The van der Waals surface area contributed by atoms with Crippen LogP contribution in [0, 0.1) is 0 Å². The predicted octanol–water partition coefficient (Wildman–Crippen LogP) is 2.34. The molecule has 0 aliphatic carbocycles. The van der Waals surface area contributed by atoms with Crippen molar-refractivity contribution in [3.8, 4) is 0 Å². The molecule has 1 aromatic carbocycles. The number of hydrogen-bond acceptors (Lipinski definition) is 2. The SMILES string of the molecule is CN1CCC(N(C)C(=O)Nc2ccc3[nH]ccc3c2)C1. The second-order valence-corrected chi connectivity index (χ2v) is 5.53. The number of carbonyl (C=O) groups is 1. The van der Waals surface area contributed by atoms with Gasteiger partial charge in [-0.25, -0.2) is 4.79 Å². The molecule has 5 nitrogen and oxygen atoms in total. The van der Waals surface area contributed by atoms with E-state index >= 15 is 0 Å². The molecule has 20 heavy (non-hydrogen) atoms. The molecule has 1 fully saturated rings. The Hall–Kier alpha value is -2.01. The van der Waals surface area contributed by atoms with Crippen LogP contribution in [-0.2, 0) is 0 Å². The Morgan fingerprint density at radius 1 is 1.45 bits per heavy atom. The summed E-state index contributed by atoms with van der Waals surface area (Å²) in [5.74, 6) is 0. The average Bonchev–Trinajstić information content (AvgIpc) is 3.05. The smallest absolute Gasteiger partial charge is 0.321 e. The molecule has 1 unspecified atom stereocenters. The molecule has 1 saturated heterocycles. The highest BCUT2D eigenvalue weighted by atomic mass is 16.2. The zero-order valence-electron chi connectivity index (χ0n) is 11.9. The maximum atomic E-state index is 12.3. The number of likely N-dealkylation sites (N-methyl/N-ethyl adjacent to an activating group) is 2. The van der Waals surface area contributed by atoms with E-state index in [4.69, 9.17) is 0 Å². The zero-order valence-corrected chi connectivity index (χ0v) is 11.9. The van der Waals surface area contributed by atoms with Gasteiger partial charge in [0.05, 0.1) is 0 Å². The van der Waals surface area contributed by atoms with Crippen LogP contribution in [0.25, 0.3) is 10.9 Å². The molecule has 2 heterocycles. The van der Waals surface area contributed by atoms with E-state index in [1.165, 1.54) is 0 Å². The van der Waals surface area contributed by atoms with Crippen LogP contribution >= 0.6 is 0 Å². The lowest BCUT2D eigenvalue weighted by molar-refractivity contribution is 0.204. The number of fused-ring (bicyclic) bond motifs is 1. The van der Waals surface area contributed by atoms with Gasteiger partial charge in [-0.2, -0.15) is 0 Å². The lowest BCUT2D eigenvalue weighted by Crippen LogP contribution is -2.41. The number of likely N-dealkylation sites (tertiary alicyclic amines) is 1. The number of carbonyl (C=O) groups excluding carboxylic acids is 1. The first-order valence-corrected chi connectivity index (χ1v) is 6.93. The third-order valence-corrected chi connectivity index (χ3v) is 4.04. The summed E-state index contributed by atoms with van der Waals surface area (Å²) in [5, 5.41) is 4.07. The molecule has 106 valence electrons. The summed E-state index contributed by atoms with van der Waals surface area (Å²) in [6, 6.07) is 8.15. The molecule has 2 amide bonds. The van der Waals surface area contributed by atoms with Crippen molar-refractivity contribution in [3.05, 3.63) is 30.5 Å². The fourth-order valence-corrected chi connectivity index (χ4v) is 2.74. The fourth-order valence-electron chi connectivity index (χ4n) is 2.74. The zero-order chi connectivity index (χ0) is 14.1. The molecule has 0 spiro atoms. The van der Waals surface area contributed by atoms with E-state index < -0.39 is 0 Å². The number of hydrogen-bond donors (Lipinski definition) is 2. The van der Waals surface area contributed by atoms with Gasteiger partial charge in [0.15, 0.2) is 0 Å². The quantitative estimate of drug-likeness (QED) is 0.881. The van der Waals surface area contributed by atoms with Crippen molar-refractivity contribution in [2.45, 2.75) is 12.5 Å². The first-order chi connectivity index (χ1) is 9.63. The van der Waals surface area contributed by atoms with Crippen LogP contribution in [0.4, 0.5) is 10.5 Å². The molecule has 2 aromatic rings. The summed E-state index contributed by atoms with van der Waals surface area (Å²) in [6.07, 6.45) is 2.94. The highest BCUT2D eigenvalue weighted by Crippen LogP contribution is 2.19. The summed E-state index contributed by atoms with van der Waals surface area (Å²) in [4.78, 5) is 19.5. The number of aromatic amines is 1. The van der Waals surface area contributed by atoms with Gasteiger partial charge in [0.2, 0.25) is 0 Å². The maximum absolute atomic E-state index is 12.3. The van der Waals surface area contributed by atoms with Crippen LogP contribution in [0.5, 0.6) is 0 Å². The average molecular weight is 272 g/mol. The largest absolute Gasteiger partial charge is 0.361 e. The summed E-state index contributed by atoms with van der Waals surface area (Å²) in [5.41, 5.74) is 1.91.